The monoisotopic (exact) mass is 387 g/mol. The number of nitrogens with one attached hydrogen (secondary N) is 2. The molecule has 10 heteroatoms. The summed E-state index contributed by atoms with van der Waals surface area (Å²) < 4.78 is 64.5. The molecule has 0 heterocycles. The molecule has 0 bridgehead atoms. The lowest BCUT2D eigenvalue weighted by molar-refractivity contribution is -0.137. The van der Waals surface area contributed by atoms with E-state index in [-0.39, 0.29) is 21.8 Å². The summed E-state index contributed by atoms with van der Waals surface area (Å²) in [7, 11) is -2.62. The molecule has 140 valence electrons. The van der Waals surface area contributed by atoms with E-state index in [1.54, 1.807) is 0 Å². The highest BCUT2D eigenvalue weighted by Gasteiger charge is 2.30. The number of alkyl halides is 3. The number of sulfonamides is 1. The SMILES string of the molecule is CNS(=O)(=O)c1cc(C)c(Nc2cccc(C(F)(F)F)c2)c(C(N)=O)c1. The van der Waals surface area contributed by atoms with Crippen LogP contribution < -0.4 is 15.8 Å². The Morgan fingerprint density at radius 1 is 1.15 bits per heavy atom. The number of halogens is 3. The van der Waals surface area contributed by atoms with Crippen molar-refractivity contribution in [2.24, 2.45) is 5.73 Å². The van der Waals surface area contributed by atoms with E-state index in [0.29, 0.717) is 5.56 Å². The lowest BCUT2D eigenvalue weighted by Crippen LogP contribution is -2.21. The Hall–Kier alpha value is -2.59. The quantitative estimate of drug-likeness (QED) is 0.734. The molecule has 2 rings (SSSR count). The van der Waals surface area contributed by atoms with Gasteiger partial charge in [-0.3, -0.25) is 4.79 Å². The zero-order valence-electron chi connectivity index (χ0n) is 13.8. The molecule has 0 aromatic heterocycles. The van der Waals surface area contributed by atoms with Gasteiger partial charge >= 0.3 is 6.18 Å². The predicted molar refractivity (Wildman–Crippen MR) is 90.7 cm³/mol. The summed E-state index contributed by atoms with van der Waals surface area (Å²) in [4.78, 5) is 11.6. The summed E-state index contributed by atoms with van der Waals surface area (Å²) in [5.74, 6) is -0.921. The lowest BCUT2D eigenvalue weighted by Gasteiger charge is -2.16. The Morgan fingerprint density at radius 2 is 1.81 bits per heavy atom. The average Bonchev–Trinajstić information content (AvgIpc) is 2.55. The van der Waals surface area contributed by atoms with E-state index in [9.17, 15) is 26.4 Å². The molecule has 0 unspecified atom stereocenters. The van der Waals surface area contributed by atoms with E-state index in [0.717, 1.165) is 18.2 Å². The molecule has 6 nitrogen and oxygen atoms in total. The number of carbonyl (C=O) groups is 1. The molecule has 26 heavy (non-hydrogen) atoms. The summed E-state index contributed by atoms with van der Waals surface area (Å²) >= 11 is 0. The van der Waals surface area contributed by atoms with E-state index in [4.69, 9.17) is 5.73 Å². The van der Waals surface area contributed by atoms with Crippen LogP contribution >= 0.6 is 0 Å². The number of anilines is 2. The van der Waals surface area contributed by atoms with Gasteiger partial charge in [-0.15, -0.1) is 0 Å². The minimum atomic E-state index is -4.52. The standard InChI is InChI=1S/C16H16F3N3O3S/c1-9-6-12(26(24,25)21-2)8-13(15(20)23)14(9)22-11-5-3-4-10(7-11)16(17,18)19/h3-8,21-22H,1-2H3,(H2,20,23). The Morgan fingerprint density at radius 3 is 2.35 bits per heavy atom. The second-order valence-electron chi connectivity index (χ2n) is 5.44. The number of carbonyl (C=O) groups excluding carboxylic acids is 1. The van der Waals surface area contributed by atoms with Gasteiger partial charge in [0.05, 0.1) is 21.7 Å². The van der Waals surface area contributed by atoms with Gasteiger partial charge < -0.3 is 11.1 Å². The number of aryl methyl sites for hydroxylation is 1. The smallest absolute Gasteiger partial charge is 0.366 e. The van der Waals surface area contributed by atoms with E-state index in [1.807, 2.05) is 0 Å². The maximum absolute atomic E-state index is 12.8. The lowest BCUT2D eigenvalue weighted by atomic mass is 10.1. The Kier molecular flexibility index (Phi) is 5.28. The molecule has 0 atom stereocenters. The maximum Gasteiger partial charge on any atom is 0.416 e. The van der Waals surface area contributed by atoms with Crippen LogP contribution in [0.5, 0.6) is 0 Å². The van der Waals surface area contributed by atoms with Crippen LogP contribution in [0.4, 0.5) is 24.5 Å². The average molecular weight is 387 g/mol. The molecule has 4 N–H and O–H groups in total. The second-order valence-corrected chi connectivity index (χ2v) is 7.32. The molecule has 0 aliphatic rings. The van der Waals surface area contributed by atoms with Crippen molar-refractivity contribution in [3.8, 4) is 0 Å². The fourth-order valence-electron chi connectivity index (χ4n) is 2.30. The van der Waals surface area contributed by atoms with Gasteiger partial charge in [-0.2, -0.15) is 13.2 Å². The zero-order chi connectivity index (χ0) is 19.7. The first-order chi connectivity index (χ1) is 12.0. The highest BCUT2D eigenvalue weighted by Crippen LogP contribution is 2.33. The van der Waals surface area contributed by atoms with Gasteiger partial charge in [0.15, 0.2) is 0 Å². The van der Waals surface area contributed by atoms with E-state index in [2.05, 4.69) is 10.0 Å². The number of benzene rings is 2. The number of nitrogens with two attached hydrogens (primary N) is 1. The topological polar surface area (TPSA) is 101 Å². The Bertz CT molecular complexity index is 957. The fraction of sp³-hybridized carbons (Fsp3) is 0.188. The van der Waals surface area contributed by atoms with Gasteiger partial charge in [-0.05, 0) is 49.9 Å². The minimum Gasteiger partial charge on any atom is -0.366 e. The molecule has 0 aliphatic heterocycles. The molecule has 0 fully saturated rings. The van der Waals surface area contributed by atoms with Crippen LogP contribution in [0.2, 0.25) is 0 Å². The predicted octanol–water partition coefficient (Wildman–Crippen LogP) is 2.76. The van der Waals surface area contributed by atoms with Crippen molar-refractivity contribution in [1.29, 1.82) is 0 Å². The van der Waals surface area contributed by atoms with Crippen LogP contribution in [0.15, 0.2) is 41.3 Å². The van der Waals surface area contributed by atoms with Crippen LogP contribution in [0.25, 0.3) is 0 Å². The van der Waals surface area contributed by atoms with Crippen LogP contribution in [0.3, 0.4) is 0 Å². The van der Waals surface area contributed by atoms with Gasteiger partial charge in [0.25, 0.3) is 5.91 Å². The number of hydrogen-bond acceptors (Lipinski definition) is 4. The normalized spacial score (nSPS) is 12.0. The molecule has 0 saturated heterocycles. The van der Waals surface area contributed by atoms with E-state index < -0.39 is 27.7 Å². The van der Waals surface area contributed by atoms with Crippen molar-refractivity contribution in [1.82, 2.24) is 4.72 Å². The van der Waals surface area contributed by atoms with Crippen molar-refractivity contribution < 1.29 is 26.4 Å². The summed E-state index contributed by atoms with van der Waals surface area (Å²) in [6, 6.07) is 6.74. The maximum atomic E-state index is 12.8. The molecule has 0 saturated carbocycles. The number of rotatable bonds is 5. The molecule has 2 aromatic rings. The van der Waals surface area contributed by atoms with Crippen molar-refractivity contribution >= 4 is 27.3 Å². The first-order valence-electron chi connectivity index (χ1n) is 7.28. The fourth-order valence-corrected chi connectivity index (χ4v) is 3.15. The first kappa shape index (κ1) is 19.7. The third kappa shape index (κ3) is 4.14. The molecule has 1 amide bonds. The molecule has 0 aliphatic carbocycles. The van der Waals surface area contributed by atoms with Crippen LogP contribution in [0.1, 0.15) is 21.5 Å². The summed E-state index contributed by atoms with van der Waals surface area (Å²) in [5.41, 5.74) is 4.83. The Labute approximate surface area is 148 Å². The summed E-state index contributed by atoms with van der Waals surface area (Å²) in [6.45, 7) is 1.51. The highest BCUT2D eigenvalue weighted by molar-refractivity contribution is 7.89. The van der Waals surface area contributed by atoms with Crippen LogP contribution in [-0.4, -0.2) is 21.4 Å². The third-order valence-corrected chi connectivity index (χ3v) is 5.01. The minimum absolute atomic E-state index is 0.0784. The van der Waals surface area contributed by atoms with Gasteiger partial charge in [-0.25, -0.2) is 13.1 Å². The second kappa shape index (κ2) is 6.96. The van der Waals surface area contributed by atoms with Crippen LogP contribution in [-0.2, 0) is 16.2 Å². The van der Waals surface area contributed by atoms with E-state index in [1.165, 1.54) is 32.2 Å². The van der Waals surface area contributed by atoms with Crippen molar-refractivity contribution in [3.05, 3.63) is 53.1 Å². The largest absolute Gasteiger partial charge is 0.416 e. The third-order valence-electron chi connectivity index (χ3n) is 3.61. The Balaban J connectivity index is 2.55. The van der Waals surface area contributed by atoms with Gasteiger partial charge in [0.1, 0.15) is 0 Å². The number of primary amides is 1. The zero-order valence-corrected chi connectivity index (χ0v) is 14.6. The van der Waals surface area contributed by atoms with Crippen molar-refractivity contribution in [3.63, 3.8) is 0 Å². The first-order valence-corrected chi connectivity index (χ1v) is 8.76. The summed E-state index contributed by atoms with van der Waals surface area (Å²) in [5, 5.41) is 2.72. The van der Waals surface area contributed by atoms with Gasteiger partial charge in [0.2, 0.25) is 10.0 Å². The van der Waals surface area contributed by atoms with Gasteiger partial charge in [0, 0.05) is 5.69 Å². The molecular weight excluding hydrogens is 371 g/mol. The van der Waals surface area contributed by atoms with Crippen molar-refractivity contribution in [2.75, 3.05) is 12.4 Å². The van der Waals surface area contributed by atoms with Crippen molar-refractivity contribution in [2.45, 2.75) is 18.0 Å². The highest BCUT2D eigenvalue weighted by atomic mass is 32.2. The van der Waals surface area contributed by atoms with Gasteiger partial charge in [-0.1, -0.05) is 6.07 Å². The number of amides is 1. The van der Waals surface area contributed by atoms with Crippen LogP contribution in [0, 0.1) is 6.92 Å². The molecule has 2 aromatic carbocycles. The van der Waals surface area contributed by atoms with E-state index >= 15 is 0 Å². The molecule has 0 spiro atoms. The molecule has 0 radical (unpaired) electrons. The molecular formula is C16H16F3N3O3S. The number of hydrogen-bond donors (Lipinski definition) is 3. The summed E-state index contributed by atoms with van der Waals surface area (Å²) in [6.07, 6.45) is -4.52.